The number of hydrogen-bond donors (Lipinski definition) is 1. The maximum atomic E-state index is 5.88. The van der Waals surface area contributed by atoms with Crippen molar-refractivity contribution in [1.29, 1.82) is 0 Å². The van der Waals surface area contributed by atoms with Crippen LogP contribution in [0.15, 0.2) is 30.3 Å². The van der Waals surface area contributed by atoms with Crippen molar-refractivity contribution in [3.8, 4) is 5.75 Å². The summed E-state index contributed by atoms with van der Waals surface area (Å²) in [5.41, 5.74) is 5.88. The van der Waals surface area contributed by atoms with Crippen molar-refractivity contribution >= 4 is 0 Å². The highest BCUT2D eigenvalue weighted by Crippen LogP contribution is 2.08. The highest BCUT2D eigenvalue weighted by Gasteiger charge is 2.04. The number of ether oxygens (including phenoxy) is 2. The van der Waals surface area contributed by atoms with E-state index in [2.05, 4.69) is 0 Å². The van der Waals surface area contributed by atoms with Gasteiger partial charge in [0.15, 0.2) is 0 Å². The molecular formula is C13H21NO2. The third kappa shape index (κ3) is 5.73. The van der Waals surface area contributed by atoms with E-state index in [1.54, 1.807) is 0 Å². The van der Waals surface area contributed by atoms with E-state index in [4.69, 9.17) is 15.2 Å². The Morgan fingerprint density at radius 2 is 1.88 bits per heavy atom. The third-order valence-electron chi connectivity index (χ3n) is 2.14. The van der Waals surface area contributed by atoms with Gasteiger partial charge in [-0.15, -0.1) is 0 Å². The summed E-state index contributed by atoms with van der Waals surface area (Å²) in [5, 5.41) is 0. The van der Waals surface area contributed by atoms with E-state index in [0.29, 0.717) is 13.2 Å². The van der Waals surface area contributed by atoms with Crippen LogP contribution in [0.2, 0.25) is 0 Å². The highest BCUT2D eigenvalue weighted by molar-refractivity contribution is 5.20. The summed E-state index contributed by atoms with van der Waals surface area (Å²) < 4.78 is 11.0. The maximum absolute atomic E-state index is 5.88. The molecule has 0 saturated carbocycles. The molecule has 0 fully saturated rings. The van der Waals surface area contributed by atoms with Gasteiger partial charge in [-0.25, -0.2) is 0 Å². The van der Waals surface area contributed by atoms with Crippen LogP contribution in [-0.4, -0.2) is 25.4 Å². The fourth-order valence-electron chi connectivity index (χ4n) is 1.24. The number of nitrogens with two attached hydrogens (primary N) is 1. The molecule has 0 spiro atoms. The zero-order valence-corrected chi connectivity index (χ0v) is 10.1. The molecule has 1 aromatic rings. The quantitative estimate of drug-likeness (QED) is 0.770. The second-order valence-corrected chi connectivity index (χ2v) is 4.09. The van der Waals surface area contributed by atoms with E-state index in [0.717, 1.165) is 12.2 Å². The lowest BCUT2D eigenvalue weighted by molar-refractivity contribution is 0.0642. The largest absolute Gasteiger partial charge is 0.494 e. The van der Waals surface area contributed by atoms with E-state index >= 15 is 0 Å². The zero-order valence-electron chi connectivity index (χ0n) is 10.1. The second-order valence-electron chi connectivity index (χ2n) is 4.09. The van der Waals surface area contributed by atoms with Crippen molar-refractivity contribution in [3.05, 3.63) is 30.3 Å². The van der Waals surface area contributed by atoms with Crippen LogP contribution in [0.25, 0.3) is 0 Å². The Balaban J connectivity index is 2.11. The molecular weight excluding hydrogens is 202 g/mol. The van der Waals surface area contributed by atoms with Gasteiger partial charge < -0.3 is 15.2 Å². The fraction of sp³-hybridized carbons (Fsp3) is 0.538. The molecule has 0 aliphatic carbocycles. The van der Waals surface area contributed by atoms with Crippen LogP contribution in [0.4, 0.5) is 0 Å². The normalized spacial score (nSPS) is 12.8. The minimum Gasteiger partial charge on any atom is -0.494 e. The average molecular weight is 223 g/mol. The molecule has 2 N–H and O–H groups in total. The molecule has 0 aliphatic rings. The monoisotopic (exact) mass is 223 g/mol. The van der Waals surface area contributed by atoms with Gasteiger partial charge in [0.25, 0.3) is 0 Å². The Morgan fingerprint density at radius 3 is 2.50 bits per heavy atom. The van der Waals surface area contributed by atoms with Gasteiger partial charge in [0.05, 0.1) is 19.3 Å². The first-order chi connectivity index (χ1) is 7.68. The smallest absolute Gasteiger partial charge is 0.119 e. The molecule has 3 heteroatoms. The predicted octanol–water partition coefficient (Wildman–Crippen LogP) is 2.21. The summed E-state index contributed by atoms with van der Waals surface area (Å²) >= 11 is 0. The molecule has 0 bridgehead atoms. The van der Waals surface area contributed by atoms with Gasteiger partial charge in [0.2, 0.25) is 0 Å². The Morgan fingerprint density at radius 1 is 1.19 bits per heavy atom. The van der Waals surface area contributed by atoms with Gasteiger partial charge in [0.1, 0.15) is 5.75 Å². The van der Waals surface area contributed by atoms with Gasteiger partial charge in [-0.3, -0.25) is 0 Å². The predicted molar refractivity (Wildman–Crippen MR) is 65.6 cm³/mol. The van der Waals surface area contributed by atoms with Crippen molar-refractivity contribution in [2.24, 2.45) is 5.73 Å². The number of para-hydroxylation sites is 1. The summed E-state index contributed by atoms with van der Waals surface area (Å²) in [7, 11) is 0. The first-order valence-electron chi connectivity index (χ1n) is 5.73. The highest BCUT2D eigenvalue weighted by atomic mass is 16.5. The van der Waals surface area contributed by atoms with E-state index in [1.165, 1.54) is 0 Å². The van der Waals surface area contributed by atoms with E-state index in [-0.39, 0.29) is 12.1 Å². The summed E-state index contributed by atoms with van der Waals surface area (Å²) in [6.07, 6.45) is 1.04. The van der Waals surface area contributed by atoms with Crippen LogP contribution in [0.5, 0.6) is 5.75 Å². The number of hydrogen-bond acceptors (Lipinski definition) is 3. The molecule has 1 atom stereocenters. The maximum Gasteiger partial charge on any atom is 0.119 e. The molecule has 0 heterocycles. The van der Waals surface area contributed by atoms with Crippen LogP contribution >= 0.6 is 0 Å². The van der Waals surface area contributed by atoms with Crippen molar-refractivity contribution in [3.63, 3.8) is 0 Å². The molecule has 0 amide bonds. The molecule has 0 radical (unpaired) electrons. The van der Waals surface area contributed by atoms with Gasteiger partial charge in [0, 0.05) is 6.04 Å². The molecule has 3 nitrogen and oxygen atoms in total. The van der Waals surface area contributed by atoms with Crippen molar-refractivity contribution in [2.75, 3.05) is 13.2 Å². The lowest BCUT2D eigenvalue weighted by Gasteiger charge is -2.14. The first kappa shape index (κ1) is 13.0. The first-order valence-corrected chi connectivity index (χ1v) is 5.73. The number of rotatable bonds is 7. The minimum atomic E-state index is 0.0473. The van der Waals surface area contributed by atoms with Gasteiger partial charge in [-0.1, -0.05) is 18.2 Å². The van der Waals surface area contributed by atoms with E-state index in [1.807, 2.05) is 44.2 Å². The number of benzene rings is 1. The lowest BCUT2D eigenvalue weighted by atomic mass is 10.2. The standard InChI is InChI=1S/C13H21NO2/c1-11(2)16-10-12(14)8-9-15-13-6-4-3-5-7-13/h3-7,11-12H,8-10,14H2,1-2H3. The van der Waals surface area contributed by atoms with Crippen molar-refractivity contribution in [1.82, 2.24) is 0 Å². The van der Waals surface area contributed by atoms with E-state index in [9.17, 15) is 0 Å². The van der Waals surface area contributed by atoms with Gasteiger partial charge in [-0.2, -0.15) is 0 Å². The van der Waals surface area contributed by atoms with Crippen LogP contribution < -0.4 is 10.5 Å². The molecule has 1 unspecified atom stereocenters. The summed E-state index contributed by atoms with van der Waals surface area (Å²) in [4.78, 5) is 0. The fourth-order valence-corrected chi connectivity index (χ4v) is 1.24. The van der Waals surface area contributed by atoms with Crippen LogP contribution in [-0.2, 0) is 4.74 Å². The Labute approximate surface area is 97.6 Å². The van der Waals surface area contributed by atoms with Crippen molar-refractivity contribution in [2.45, 2.75) is 32.4 Å². The molecule has 0 aromatic heterocycles. The van der Waals surface area contributed by atoms with Crippen LogP contribution in [0, 0.1) is 0 Å². The molecule has 16 heavy (non-hydrogen) atoms. The van der Waals surface area contributed by atoms with Gasteiger partial charge >= 0.3 is 0 Å². The van der Waals surface area contributed by atoms with Gasteiger partial charge in [-0.05, 0) is 32.4 Å². The lowest BCUT2D eigenvalue weighted by Crippen LogP contribution is -2.29. The summed E-state index contributed by atoms with van der Waals surface area (Å²) in [6, 6.07) is 9.81. The average Bonchev–Trinajstić information content (AvgIpc) is 2.28. The SMILES string of the molecule is CC(C)OCC(N)CCOc1ccccc1. The topological polar surface area (TPSA) is 44.5 Å². The molecule has 0 aliphatic heterocycles. The third-order valence-corrected chi connectivity index (χ3v) is 2.14. The Kier molecular flexibility index (Phi) is 5.90. The van der Waals surface area contributed by atoms with Crippen LogP contribution in [0.1, 0.15) is 20.3 Å². The second kappa shape index (κ2) is 7.25. The Bertz CT molecular complexity index is 275. The molecule has 90 valence electrons. The van der Waals surface area contributed by atoms with Crippen molar-refractivity contribution < 1.29 is 9.47 Å². The minimum absolute atomic E-state index is 0.0473. The summed E-state index contributed by atoms with van der Waals surface area (Å²) in [5.74, 6) is 0.888. The summed E-state index contributed by atoms with van der Waals surface area (Å²) in [6.45, 7) is 5.24. The molecule has 1 aromatic carbocycles. The Hall–Kier alpha value is -1.06. The molecule has 0 saturated heterocycles. The molecule has 1 rings (SSSR count). The van der Waals surface area contributed by atoms with E-state index < -0.39 is 0 Å². The zero-order chi connectivity index (χ0) is 11.8. The van der Waals surface area contributed by atoms with Crippen LogP contribution in [0.3, 0.4) is 0 Å².